The van der Waals surface area contributed by atoms with Gasteiger partial charge in [-0.05, 0) is 18.6 Å². The van der Waals surface area contributed by atoms with E-state index in [0.29, 0.717) is 18.6 Å². The smallest absolute Gasteiger partial charge is 0.306 e. The van der Waals surface area contributed by atoms with Crippen molar-refractivity contribution in [3.8, 4) is 6.07 Å². The van der Waals surface area contributed by atoms with E-state index in [0.717, 1.165) is 6.20 Å². The highest BCUT2D eigenvalue weighted by Gasteiger charge is 2.32. The third-order valence-corrected chi connectivity index (χ3v) is 5.11. The second-order valence-electron chi connectivity index (χ2n) is 4.52. The Morgan fingerprint density at radius 3 is 2.29 bits per heavy atom. The molecule has 0 aliphatic rings. The lowest BCUT2D eigenvalue weighted by molar-refractivity contribution is -0.137. The van der Waals surface area contributed by atoms with E-state index < -0.39 is 26.5 Å². The Kier molecular flexibility index (Phi) is 6.77. The summed E-state index contributed by atoms with van der Waals surface area (Å²) in [7, 11) is -3.74. The number of nitrogens with zero attached hydrogens (tertiary/aromatic N) is 1. The molecule has 0 radical (unpaired) electrons. The van der Waals surface area contributed by atoms with Crippen LogP contribution in [0.25, 0.3) is 0 Å². The van der Waals surface area contributed by atoms with Crippen LogP contribution in [-0.2, 0) is 16.0 Å². The van der Waals surface area contributed by atoms with Gasteiger partial charge in [0.05, 0.1) is 27.0 Å². The molecule has 24 heavy (non-hydrogen) atoms. The number of nitriles is 1. The van der Waals surface area contributed by atoms with Crippen molar-refractivity contribution in [1.82, 2.24) is 5.43 Å². The summed E-state index contributed by atoms with van der Waals surface area (Å²) in [5.41, 5.74) is 3.54. The molecule has 1 rings (SSSR count). The fourth-order valence-electron chi connectivity index (χ4n) is 1.60. The molecule has 11 heteroatoms. The van der Waals surface area contributed by atoms with Gasteiger partial charge in [-0.1, -0.05) is 30.1 Å². The summed E-state index contributed by atoms with van der Waals surface area (Å²) in [6.07, 6.45) is -3.41. The predicted octanol–water partition coefficient (Wildman–Crippen LogP) is 4.12. The minimum absolute atomic E-state index is 0.0900. The molecule has 0 atom stereocenters. The van der Waals surface area contributed by atoms with E-state index >= 15 is 0 Å². The van der Waals surface area contributed by atoms with Gasteiger partial charge in [0.15, 0.2) is 14.7 Å². The Morgan fingerprint density at radius 1 is 1.33 bits per heavy atom. The zero-order valence-electron chi connectivity index (χ0n) is 12.2. The maximum Gasteiger partial charge on any atom is 0.416 e. The highest BCUT2D eigenvalue weighted by molar-refractivity contribution is 7.95. The number of benzene rings is 1. The van der Waals surface area contributed by atoms with Crippen molar-refractivity contribution < 1.29 is 21.6 Å². The Hall–Kier alpha value is -1.63. The summed E-state index contributed by atoms with van der Waals surface area (Å²) in [4.78, 5) is -0.531. The number of sulfone groups is 1. The predicted molar refractivity (Wildman–Crippen MR) is 86.0 cm³/mol. The average Bonchev–Trinajstić information content (AvgIpc) is 2.44. The van der Waals surface area contributed by atoms with E-state index in [4.69, 9.17) is 28.5 Å². The SMILES string of the molecule is CCCS(=O)(=O)/C(C#N)=C/NNc1c(Cl)cc(C(F)(F)F)cc1Cl. The molecule has 0 spiro atoms. The molecule has 0 amide bonds. The van der Waals surface area contributed by atoms with Crippen LogP contribution in [0.4, 0.5) is 18.9 Å². The first-order chi connectivity index (χ1) is 11.0. The number of anilines is 1. The van der Waals surface area contributed by atoms with Crippen molar-refractivity contribution in [2.24, 2.45) is 0 Å². The molecule has 132 valence electrons. The van der Waals surface area contributed by atoms with Crippen LogP contribution >= 0.6 is 23.2 Å². The number of rotatable bonds is 6. The third kappa shape index (κ3) is 5.19. The molecule has 0 aromatic heterocycles. The number of hydrogen-bond donors (Lipinski definition) is 2. The number of hydrazine groups is 1. The summed E-state index contributed by atoms with van der Waals surface area (Å²) >= 11 is 11.5. The molecule has 2 N–H and O–H groups in total. The molecule has 0 bridgehead atoms. The number of allylic oxidation sites excluding steroid dienone is 1. The van der Waals surface area contributed by atoms with Gasteiger partial charge in [0.1, 0.15) is 6.07 Å². The van der Waals surface area contributed by atoms with Gasteiger partial charge < -0.3 is 5.43 Å². The molecule has 0 aliphatic carbocycles. The maximum atomic E-state index is 12.6. The molecule has 0 aliphatic heterocycles. The van der Waals surface area contributed by atoms with Gasteiger partial charge >= 0.3 is 6.18 Å². The van der Waals surface area contributed by atoms with Crippen LogP contribution in [0, 0.1) is 11.3 Å². The van der Waals surface area contributed by atoms with Gasteiger partial charge in [0.2, 0.25) is 0 Å². The highest BCUT2D eigenvalue weighted by Crippen LogP contribution is 2.38. The zero-order chi connectivity index (χ0) is 18.5. The standard InChI is InChI=1S/C13H12Cl2F3N3O2S/c1-2-3-24(22,23)9(6-19)7-20-21-12-10(14)4-8(5-11(12)15)13(16,17)18/h4-5,7,20-21H,2-3H2,1H3/b9-7+. The second-order valence-corrected chi connectivity index (χ2v) is 7.41. The quantitative estimate of drug-likeness (QED) is 0.553. The van der Waals surface area contributed by atoms with Crippen LogP contribution in [0.5, 0.6) is 0 Å². The second kappa shape index (κ2) is 7.96. The summed E-state index contributed by atoms with van der Waals surface area (Å²) in [5, 5.41) is 8.22. The lowest BCUT2D eigenvalue weighted by atomic mass is 10.2. The average molecular weight is 402 g/mol. The van der Waals surface area contributed by atoms with Crippen molar-refractivity contribution >= 4 is 38.7 Å². The number of hydrogen-bond acceptors (Lipinski definition) is 5. The van der Waals surface area contributed by atoms with Crippen LogP contribution in [-0.4, -0.2) is 14.2 Å². The largest absolute Gasteiger partial charge is 0.416 e. The van der Waals surface area contributed by atoms with Crippen molar-refractivity contribution in [2.45, 2.75) is 19.5 Å². The molecule has 0 saturated carbocycles. The van der Waals surface area contributed by atoms with Crippen LogP contribution in [0.3, 0.4) is 0 Å². The van der Waals surface area contributed by atoms with Crippen LogP contribution in [0.15, 0.2) is 23.2 Å². The maximum absolute atomic E-state index is 12.6. The summed E-state index contributed by atoms with van der Waals surface area (Å²) in [6.45, 7) is 1.64. The minimum atomic E-state index is -4.61. The highest BCUT2D eigenvalue weighted by atomic mass is 35.5. The molecule has 0 saturated heterocycles. The summed E-state index contributed by atoms with van der Waals surface area (Å²) in [6, 6.07) is 2.86. The molecule has 0 heterocycles. The van der Waals surface area contributed by atoms with E-state index in [-0.39, 0.29) is 21.5 Å². The normalized spacial score (nSPS) is 12.6. The number of alkyl halides is 3. The van der Waals surface area contributed by atoms with Crippen molar-refractivity contribution in [3.05, 3.63) is 38.8 Å². The molecular weight excluding hydrogens is 390 g/mol. The first-order valence-electron chi connectivity index (χ1n) is 6.43. The van der Waals surface area contributed by atoms with Gasteiger partial charge in [-0.3, -0.25) is 5.43 Å². The van der Waals surface area contributed by atoms with E-state index in [1.54, 1.807) is 6.92 Å². The van der Waals surface area contributed by atoms with E-state index in [9.17, 15) is 21.6 Å². The molecular formula is C13H12Cl2F3N3O2S. The first-order valence-corrected chi connectivity index (χ1v) is 8.84. The number of halogens is 5. The Balaban J connectivity index is 3.00. The van der Waals surface area contributed by atoms with E-state index in [2.05, 4.69) is 10.9 Å². The van der Waals surface area contributed by atoms with Gasteiger partial charge in [0, 0.05) is 6.20 Å². The van der Waals surface area contributed by atoms with Crippen LogP contribution in [0.2, 0.25) is 10.0 Å². The first kappa shape index (κ1) is 20.4. The lowest BCUT2D eigenvalue weighted by Crippen LogP contribution is -2.19. The Labute approximate surface area is 146 Å². The molecule has 0 unspecified atom stereocenters. The van der Waals surface area contributed by atoms with Gasteiger partial charge in [0.25, 0.3) is 0 Å². The van der Waals surface area contributed by atoms with Gasteiger partial charge in [-0.15, -0.1) is 0 Å². The Morgan fingerprint density at radius 2 is 1.88 bits per heavy atom. The summed E-state index contributed by atoms with van der Waals surface area (Å²) < 4.78 is 61.4. The summed E-state index contributed by atoms with van der Waals surface area (Å²) in [5.74, 6) is -0.212. The zero-order valence-corrected chi connectivity index (χ0v) is 14.5. The molecule has 5 nitrogen and oxygen atoms in total. The third-order valence-electron chi connectivity index (χ3n) is 2.69. The lowest BCUT2D eigenvalue weighted by Gasteiger charge is -2.14. The monoisotopic (exact) mass is 401 g/mol. The topological polar surface area (TPSA) is 82.0 Å². The molecule has 0 fully saturated rings. The Bertz CT molecular complexity index is 764. The van der Waals surface area contributed by atoms with E-state index in [1.807, 2.05) is 0 Å². The number of nitrogens with one attached hydrogen (secondary N) is 2. The van der Waals surface area contributed by atoms with Crippen molar-refractivity contribution in [2.75, 3.05) is 11.2 Å². The fourth-order valence-corrected chi connectivity index (χ4v) is 3.32. The van der Waals surface area contributed by atoms with Gasteiger partial charge in [-0.2, -0.15) is 18.4 Å². The van der Waals surface area contributed by atoms with Crippen LogP contribution < -0.4 is 10.9 Å². The van der Waals surface area contributed by atoms with Crippen molar-refractivity contribution in [3.63, 3.8) is 0 Å². The van der Waals surface area contributed by atoms with Crippen LogP contribution in [0.1, 0.15) is 18.9 Å². The fraction of sp³-hybridized carbons (Fsp3) is 0.308. The molecule has 1 aromatic rings. The van der Waals surface area contributed by atoms with E-state index in [1.165, 1.54) is 6.07 Å². The van der Waals surface area contributed by atoms with Gasteiger partial charge in [-0.25, -0.2) is 8.42 Å². The molecule has 1 aromatic carbocycles. The van der Waals surface area contributed by atoms with Crippen molar-refractivity contribution in [1.29, 1.82) is 5.26 Å². The minimum Gasteiger partial charge on any atom is -0.306 e.